The van der Waals surface area contributed by atoms with Crippen molar-refractivity contribution in [2.75, 3.05) is 31.2 Å². The van der Waals surface area contributed by atoms with Crippen LogP contribution in [0.2, 0.25) is 0 Å². The van der Waals surface area contributed by atoms with Gasteiger partial charge in [0, 0.05) is 36.0 Å². The third-order valence-electron chi connectivity index (χ3n) is 8.42. The molecule has 0 aliphatic carbocycles. The number of fused-ring (bicyclic) bond motifs is 1. The van der Waals surface area contributed by atoms with Gasteiger partial charge in [-0.25, -0.2) is 14.6 Å². The highest BCUT2D eigenvalue weighted by atomic mass is 16.6. The number of hydrogen-bond acceptors (Lipinski definition) is 9. The first kappa shape index (κ1) is 34.6. The summed E-state index contributed by atoms with van der Waals surface area (Å²) in [6.45, 7) is 17.1. The zero-order chi connectivity index (χ0) is 34.8. The monoisotopic (exact) mass is 656 g/mol. The van der Waals surface area contributed by atoms with E-state index in [1.165, 1.54) is 18.2 Å². The van der Waals surface area contributed by atoms with Gasteiger partial charge in [0.05, 0.1) is 41.2 Å². The van der Waals surface area contributed by atoms with Crippen molar-refractivity contribution >= 4 is 23.4 Å². The molecule has 1 atom stereocenters. The van der Waals surface area contributed by atoms with Crippen molar-refractivity contribution in [3.8, 4) is 28.1 Å². The number of aromatic carboxylic acids is 1. The first-order chi connectivity index (χ1) is 22.7. The highest BCUT2D eigenvalue weighted by Gasteiger charge is 2.38. The lowest BCUT2D eigenvalue weighted by Crippen LogP contribution is -2.45. The van der Waals surface area contributed by atoms with Gasteiger partial charge in [-0.2, -0.15) is 9.61 Å². The molecule has 0 radical (unpaired) electrons. The average molecular weight is 657 g/mol. The summed E-state index contributed by atoms with van der Waals surface area (Å²) in [4.78, 5) is 32.3. The first-order valence-electron chi connectivity index (χ1n) is 16.1. The predicted octanol–water partition coefficient (Wildman–Crippen LogP) is 6.76. The normalized spacial score (nSPS) is 15.3. The van der Waals surface area contributed by atoms with E-state index < -0.39 is 23.6 Å². The molecule has 0 spiro atoms. The van der Waals surface area contributed by atoms with Crippen LogP contribution in [0.4, 0.5) is 5.82 Å². The molecule has 3 heterocycles. The van der Waals surface area contributed by atoms with Crippen LogP contribution in [-0.2, 0) is 19.0 Å². The maximum atomic E-state index is 13.5. The zero-order valence-corrected chi connectivity index (χ0v) is 28.4. The second kappa shape index (κ2) is 13.8. The van der Waals surface area contributed by atoms with Crippen LogP contribution in [0.5, 0.6) is 5.75 Å². The number of nitrogens with zero attached hydrogens (tertiary/aromatic N) is 4. The van der Waals surface area contributed by atoms with Gasteiger partial charge in [0.15, 0.2) is 11.8 Å². The molecule has 2 aromatic carbocycles. The summed E-state index contributed by atoms with van der Waals surface area (Å²) in [5.41, 5.74) is 3.22. The highest BCUT2D eigenvalue weighted by molar-refractivity contribution is 5.91. The number of carbonyl (C=O) groups is 2. The molecule has 0 bridgehead atoms. The molecule has 11 nitrogen and oxygen atoms in total. The van der Waals surface area contributed by atoms with Crippen molar-refractivity contribution in [1.82, 2.24) is 14.6 Å². The molecule has 1 unspecified atom stereocenters. The number of carboxylic acid groups (broad SMARTS) is 1. The Kier molecular flexibility index (Phi) is 9.93. The number of aryl methyl sites for hydroxylation is 1. The predicted molar refractivity (Wildman–Crippen MR) is 183 cm³/mol. The van der Waals surface area contributed by atoms with Crippen LogP contribution in [0.15, 0.2) is 61.2 Å². The summed E-state index contributed by atoms with van der Waals surface area (Å²) in [7, 11) is 0. The van der Waals surface area contributed by atoms with Gasteiger partial charge in [0.1, 0.15) is 11.6 Å². The molecule has 1 aliphatic rings. The van der Waals surface area contributed by atoms with Crippen LogP contribution >= 0.6 is 0 Å². The minimum Gasteiger partial charge on any atom is -0.507 e. The highest BCUT2D eigenvalue weighted by Crippen LogP contribution is 2.39. The third kappa shape index (κ3) is 7.37. The number of esters is 1. The van der Waals surface area contributed by atoms with Gasteiger partial charge in [0.25, 0.3) is 0 Å². The molecule has 2 aromatic heterocycles. The van der Waals surface area contributed by atoms with E-state index in [0.29, 0.717) is 59.2 Å². The maximum Gasteiger partial charge on any atom is 0.340 e. The van der Waals surface area contributed by atoms with Crippen LogP contribution in [0.3, 0.4) is 0 Å². The van der Waals surface area contributed by atoms with Crippen molar-refractivity contribution in [3.05, 3.63) is 78.0 Å². The van der Waals surface area contributed by atoms with E-state index in [9.17, 15) is 19.8 Å². The van der Waals surface area contributed by atoms with Gasteiger partial charge in [-0.15, -0.1) is 6.58 Å². The molecule has 2 N–H and O–H groups in total. The van der Waals surface area contributed by atoms with Gasteiger partial charge in [-0.3, -0.25) is 0 Å². The quantitative estimate of drug-likeness (QED) is 0.132. The fourth-order valence-electron chi connectivity index (χ4n) is 6.01. The van der Waals surface area contributed by atoms with Crippen molar-refractivity contribution in [2.24, 2.45) is 0 Å². The van der Waals surface area contributed by atoms with Crippen LogP contribution in [0.25, 0.3) is 28.0 Å². The lowest BCUT2D eigenvalue weighted by molar-refractivity contribution is -0.166. The Labute approximate surface area is 280 Å². The zero-order valence-electron chi connectivity index (χ0n) is 28.4. The molecule has 48 heavy (non-hydrogen) atoms. The van der Waals surface area contributed by atoms with Crippen LogP contribution in [0, 0.1) is 6.92 Å². The van der Waals surface area contributed by atoms with Crippen LogP contribution < -0.4 is 4.90 Å². The third-order valence-corrected chi connectivity index (χ3v) is 8.42. The minimum atomic E-state index is -1.08. The molecule has 11 heteroatoms. The lowest BCUT2D eigenvalue weighted by Gasteiger charge is -2.41. The smallest absolute Gasteiger partial charge is 0.340 e. The van der Waals surface area contributed by atoms with Gasteiger partial charge in [-0.1, -0.05) is 24.3 Å². The number of piperidine rings is 1. The van der Waals surface area contributed by atoms with E-state index in [1.807, 2.05) is 52.0 Å². The molecule has 254 valence electrons. The van der Waals surface area contributed by atoms with E-state index in [0.717, 1.165) is 18.4 Å². The fourth-order valence-corrected chi connectivity index (χ4v) is 6.01. The number of carboxylic acids is 1. The number of hydrogen-bond donors (Lipinski definition) is 2. The number of ether oxygens (including phenoxy) is 3. The largest absolute Gasteiger partial charge is 0.507 e. The second-order valence-corrected chi connectivity index (χ2v) is 13.3. The van der Waals surface area contributed by atoms with E-state index in [-0.39, 0.29) is 23.5 Å². The topological polar surface area (TPSA) is 136 Å². The number of carbonyl (C=O) groups excluding carboxylic acids is 1. The summed E-state index contributed by atoms with van der Waals surface area (Å²) in [6, 6.07) is 13.4. The molecular formula is C37H44N4O7. The first-order valence-corrected chi connectivity index (χ1v) is 16.1. The van der Waals surface area contributed by atoms with E-state index in [2.05, 4.69) is 18.4 Å². The second-order valence-electron chi connectivity index (χ2n) is 13.3. The van der Waals surface area contributed by atoms with E-state index in [4.69, 9.17) is 24.3 Å². The number of rotatable bonds is 11. The van der Waals surface area contributed by atoms with Crippen LogP contribution in [-0.4, -0.2) is 74.3 Å². The molecule has 1 saturated heterocycles. The molecule has 0 saturated carbocycles. The van der Waals surface area contributed by atoms with Gasteiger partial charge in [-0.05, 0) is 84.2 Å². The summed E-state index contributed by atoms with van der Waals surface area (Å²) in [6.07, 6.45) is 2.18. The Balaban J connectivity index is 1.66. The summed E-state index contributed by atoms with van der Waals surface area (Å²) < 4.78 is 19.8. The average Bonchev–Trinajstić information content (AvgIpc) is 3.46. The number of anilines is 1. The minimum absolute atomic E-state index is 0.0330. The molecule has 1 aliphatic heterocycles. The van der Waals surface area contributed by atoms with E-state index in [1.54, 1.807) is 23.6 Å². The van der Waals surface area contributed by atoms with Gasteiger partial charge >= 0.3 is 11.9 Å². The Morgan fingerprint density at radius 3 is 2.46 bits per heavy atom. The summed E-state index contributed by atoms with van der Waals surface area (Å²) in [5.74, 6) is -0.925. The number of aromatic hydroxyl groups is 1. The van der Waals surface area contributed by atoms with Crippen molar-refractivity contribution in [3.63, 3.8) is 0 Å². The number of phenolic OH excluding ortho intramolecular Hbond substituents is 1. The SMILES string of the molecule is C=CCOC1(C)CCN(c2c(C(OC(C)(C)C)C(=O)OCC)c(C)nc3cc(-c4cccc(-c5cc(C(=O)O)ccc5O)c4)nn23)CC1. The molecule has 4 aromatic rings. The molecule has 5 rings (SSSR count). The van der Waals surface area contributed by atoms with Crippen LogP contribution in [0.1, 0.15) is 75.2 Å². The van der Waals surface area contributed by atoms with Gasteiger partial charge in [0.2, 0.25) is 0 Å². The lowest BCUT2D eigenvalue weighted by atomic mass is 9.92. The number of aromatic nitrogens is 3. The molecular weight excluding hydrogens is 612 g/mol. The standard InChI is InChI=1S/C37H44N4O7/c1-8-19-47-37(7)15-17-40(18-16-37)33-31(32(35(45)46-9-2)48-36(4,5)6)23(3)38-30-22-28(39-41(30)33)25-12-10-11-24(20-25)27-21-26(34(43)44)13-14-29(27)42/h8,10-14,20-22,32,42H,1,9,15-19H2,2-7H3,(H,43,44). The fraction of sp³-hybridized carbons (Fsp3) is 0.405. The Morgan fingerprint density at radius 2 is 1.81 bits per heavy atom. The molecule has 1 fully saturated rings. The number of phenols is 1. The molecule has 0 amide bonds. The van der Waals surface area contributed by atoms with Crippen molar-refractivity contribution < 1.29 is 34.0 Å². The van der Waals surface area contributed by atoms with Crippen molar-refractivity contribution in [1.29, 1.82) is 0 Å². The maximum absolute atomic E-state index is 13.5. The van der Waals surface area contributed by atoms with Gasteiger partial charge < -0.3 is 29.3 Å². The van der Waals surface area contributed by atoms with Crippen molar-refractivity contribution in [2.45, 2.75) is 71.7 Å². The summed E-state index contributed by atoms with van der Waals surface area (Å²) in [5, 5.41) is 25.1. The summed E-state index contributed by atoms with van der Waals surface area (Å²) >= 11 is 0. The van der Waals surface area contributed by atoms with E-state index >= 15 is 0 Å². The Bertz CT molecular complexity index is 1830. The Morgan fingerprint density at radius 1 is 1.10 bits per heavy atom. The number of benzene rings is 2. The Hall–Kier alpha value is -4.74.